The summed E-state index contributed by atoms with van der Waals surface area (Å²) in [6.45, 7) is -2.90. The molecule has 142 valence electrons. The van der Waals surface area contributed by atoms with Gasteiger partial charge in [-0.05, 0) is 47.2 Å². The molecule has 4 rings (SSSR count). The Hall–Kier alpha value is -2.62. The van der Waals surface area contributed by atoms with E-state index in [1.165, 1.54) is 35.6 Å². The first kappa shape index (κ1) is 18.7. The topological polar surface area (TPSA) is 51.2 Å². The number of nitrogens with one attached hydrogen (secondary N) is 1. The first-order chi connectivity index (χ1) is 13.6. The molecule has 0 fully saturated rings. The number of benzene rings is 1. The fourth-order valence-corrected chi connectivity index (χ4v) is 5.10. The van der Waals surface area contributed by atoms with Crippen LogP contribution >= 0.6 is 34.0 Å². The minimum Gasteiger partial charge on any atom is -0.435 e. The molecule has 4 nitrogen and oxygen atoms in total. The molecule has 28 heavy (non-hydrogen) atoms. The lowest BCUT2D eigenvalue weighted by Crippen LogP contribution is -2.11. The van der Waals surface area contributed by atoms with Crippen LogP contribution in [0.25, 0.3) is 20.3 Å². The van der Waals surface area contributed by atoms with Crippen LogP contribution in [0, 0.1) is 0 Å². The lowest BCUT2D eigenvalue weighted by molar-refractivity contribution is -0.0498. The Morgan fingerprint density at radius 3 is 2.29 bits per heavy atom. The molecule has 0 saturated carbocycles. The van der Waals surface area contributed by atoms with E-state index in [0.717, 1.165) is 20.3 Å². The van der Waals surface area contributed by atoms with Crippen LogP contribution in [0.5, 0.6) is 5.75 Å². The molecule has 0 bridgehead atoms. The molecule has 1 N–H and O–H groups in total. The highest BCUT2D eigenvalue weighted by Crippen LogP contribution is 2.42. The second-order valence-corrected chi connectivity index (χ2v) is 8.40. The summed E-state index contributed by atoms with van der Waals surface area (Å²) in [7, 11) is 0. The third-order valence-electron chi connectivity index (χ3n) is 3.69. The molecular weight excluding hydrogens is 422 g/mol. The van der Waals surface area contributed by atoms with Crippen LogP contribution in [0.2, 0.25) is 0 Å². The summed E-state index contributed by atoms with van der Waals surface area (Å²) >= 11 is 4.59. The van der Waals surface area contributed by atoms with Crippen LogP contribution in [-0.2, 0) is 0 Å². The summed E-state index contributed by atoms with van der Waals surface area (Å²) in [6.07, 6.45) is 0. The molecule has 3 aromatic heterocycles. The van der Waals surface area contributed by atoms with Crippen molar-refractivity contribution in [3.63, 3.8) is 0 Å². The standard InChI is InChI=1S/C19H12F2N2O2S3/c20-18(21)25-12-7-5-11(6-8-12)17(24)23-19-22-15(13-3-1-9-26-13)16(28-19)14-4-2-10-27-14/h1-10,18H,(H,22,23,24). The van der Waals surface area contributed by atoms with E-state index in [0.29, 0.717) is 10.7 Å². The molecule has 0 aliphatic heterocycles. The van der Waals surface area contributed by atoms with Gasteiger partial charge in [-0.3, -0.25) is 10.1 Å². The molecule has 0 spiro atoms. The number of carbonyl (C=O) groups is 1. The number of anilines is 1. The number of nitrogens with zero attached hydrogens (tertiary/aromatic N) is 1. The highest BCUT2D eigenvalue weighted by Gasteiger charge is 2.18. The zero-order chi connectivity index (χ0) is 19.5. The van der Waals surface area contributed by atoms with Crippen molar-refractivity contribution >= 4 is 45.0 Å². The SMILES string of the molecule is O=C(Nc1nc(-c2cccs2)c(-c2cccs2)s1)c1ccc(OC(F)F)cc1. The van der Waals surface area contributed by atoms with E-state index in [9.17, 15) is 13.6 Å². The fraction of sp³-hybridized carbons (Fsp3) is 0.0526. The Labute approximate surface area is 171 Å². The minimum atomic E-state index is -2.90. The number of halogens is 2. The lowest BCUT2D eigenvalue weighted by Gasteiger charge is -2.05. The normalized spacial score (nSPS) is 11.0. The van der Waals surface area contributed by atoms with Crippen molar-refractivity contribution < 1.29 is 18.3 Å². The molecule has 3 heterocycles. The predicted octanol–water partition coefficient (Wildman–Crippen LogP) is 6.45. The number of thiophene rings is 2. The Balaban J connectivity index is 1.58. The second kappa shape index (κ2) is 8.17. The summed E-state index contributed by atoms with van der Waals surface area (Å²) < 4.78 is 28.8. The van der Waals surface area contributed by atoms with Crippen molar-refractivity contribution in [2.45, 2.75) is 6.61 Å². The second-order valence-electron chi connectivity index (χ2n) is 5.51. The Kier molecular flexibility index (Phi) is 5.47. The van der Waals surface area contributed by atoms with Gasteiger partial charge >= 0.3 is 6.61 Å². The van der Waals surface area contributed by atoms with E-state index in [2.05, 4.69) is 15.0 Å². The maximum Gasteiger partial charge on any atom is 0.387 e. The molecule has 0 radical (unpaired) electrons. The number of rotatable bonds is 6. The summed E-state index contributed by atoms with van der Waals surface area (Å²) in [5.74, 6) is -0.367. The third kappa shape index (κ3) is 4.11. The number of carbonyl (C=O) groups excluding carboxylic acids is 1. The van der Waals surface area contributed by atoms with Gasteiger partial charge in [-0.2, -0.15) is 8.78 Å². The van der Waals surface area contributed by atoms with Crippen molar-refractivity contribution in [3.05, 3.63) is 64.9 Å². The first-order valence-electron chi connectivity index (χ1n) is 8.05. The predicted molar refractivity (Wildman–Crippen MR) is 110 cm³/mol. The Morgan fingerprint density at radius 2 is 1.68 bits per heavy atom. The van der Waals surface area contributed by atoms with E-state index < -0.39 is 6.61 Å². The van der Waals surface area contributed by atoms with Crippen LogP contribution in [-0.4, -0.2) is 17.5 Å². The summed E-state index contributed by atoms with van der Waals surface area (Å²) in [4.78, 5) is 20.2. The Morgan fingerprint density at radius 1 is 1.00 bits per heavy atom. The number of aromatic nitrogens is 1. The fourth-order valence-electron chi connectivity index (χ4n) is 2.49. The van der Waals surface area contributed by atoms with Crippen molar-refractivity contribution in [1.29, 1.82) is 0 Å². The largest absolute Gasteiger partial charge is 0.435 e. The summed E-state index contributed by atoms with van der Waals surface area (Å²) in [5, 5.41) is 7.24. The first-order valence-corrected chi connectivity index (χ1v) is 10.6. The van der Waals surface area contributed by atoms with E-state index in [1.807, 2.05) is 35.0 Å². The van der Waals surface area contributed by atoms with Crippen LogP contribution < -0.4 is 10.1 Å². The molecular formula is C19H12F2N2O2S3. The van der Waals surface area contributed by atoms with Gasteiger partial charge in [0.05, 0.1) is 9.75 Å². The number of hydrogen-bond acceptors (Lipinski definition) is 6. The number of thiazole rings is 1. The molecule has 0 atom stereocenters. The highest BCUT2D eigenvalue weighted by molar-refractivity contribution is 7.24. The van der Waals surface area contributed by atoms with E-state index in [4.69, 9.17) is 0 Å². The van der Waals surface area contributed by atoms with E-state index in [-0.39, 0.29) is 11.7 Å². The van der Waals surface area contributed by atoms with Gasteiger partial charge in [0.15, 0.2) is 5.13 Å². The monoisotopic (exact) mass is 434 g/mol. The summed E-state index contributed by atoms with van der Waals surface area (Å²) in [6, 6.07) is 13.5. The van der Waals surface area contributed by atoms with Gasteiger partial charge in [0.2, 0.25) is 0 Å². The number of hydrogen-bond donors (Lipinski definition) is 1. The van der Waals surface area contributed by atoms with Crippen LogP contribution in [0.3, 0.4) is 0 Å². The molecule has 0 aliphatic carbocycles. The number of alkyl halides is 2. The average molecular weight is 435 g/mol. The number of ether oxygens (including phenoxy) is 1. The zero-order valence-corrected chi connectivity index (χ0v) is 16.5. The number of amides is 1. The molecule has 0 aliphatic rings. The van der Waals surface area contributed by atoms with Gasteiger partial charge in [-0.25, -0.2) is 4.98 Å². The molecule has 0 saturated heterocycles. The maximum atomic E-state index is 12.5. The molecule has 1 aromatic carbocycles. The van der Waals surface area contributed by atoms with Crippen molar-refractivity contribution in [2.75, 3.05) is 5.32 Å². The highest BCUT2D eigenvalue weighted by atomic mass is 32.1. The zero-order valence-electron chi connectivity index (χ0n) is 14.1. The molecule has 9 heteroatoms. The van der Waals surface area contributed by atoms with Gasteiger partial charge in [0.25, 0.3) is 5.91 Å². The summed E-state index contributed by atoms with van der Waals surface area (Å²) in [5.41, 5.74) is 1.16. The van der Waals surface area contributed by atoms with Gasteiger partial charge < -0.3 is 4.74 Å². The van der Waals surface area contributed by atoms with Gasteiger partial charge in [0, 0.05) is 10.4 Å². The molecule has 0 unspecified atom stereocenters. The lowest BCUT2D eigenvalue weighted by atomic mass is 10.2. The smallest absolute Gasteiger partial charge is 0.387 e. The van der Waals surface area contributed by atoms with Crippen molar-refractivity contribution in [3.8, 4) is 26.1 Å². The minimum absolute atomic E-state index is 0.000705. The van der Waals surface area contributed by atoms with Gasteiger partial charge in [0.1, 0.15) is 11.4 Å². The van der Waals surface area contributed by atoms with Crippen LogP contribution in [0.1, 0.15) is 10.4 Å². The quantitative estimate of drug-likeness (QED) is 0.379. The van der Waals surface area contributed by atoms with Crippen LogP contribution in [0.15, 0.2) is 59.3 Å². The van der Waals surface area contributed by atoms with E-state index >= 15 is 0 Å². The molecule has 1 amide bonds. The Bertz CT molecular complexity index is 1010. The maximum absolute atomic E-state index is 12.5. The van der Waals surface area contributed by atoms with Gasteiger partial charge in [-0.1, -0.05) is 23.5 Å². The van der Waals surface area contributed by atoms with Crippen molar-refractivity contribution in [2.24, 2.45) is 0 Å². The average Bonchev–Trinajstić information content (AvgIpc) is 3.42. The third-order valence-corrected chi connectivity index (χ3v) is 6.59. The van der Waals surface area contributed by atoms with Crippen molar-refractivity contribution in [1.82, 2.24) is 4.98 Å². The van der Waals surface area contributed by atoms with Crippen LogP contribution in [0.4, 0.5) is 13.9 Å². The molecule has 4 aromatic rings. The van der Waals surface area contributed by atoms with Gasteiger partial charge in [-0.15, -0.1) is 22.7 Å². The van der Waals surface area contributed by atoms with E-state index in [1.54, 1.807) is 22.7 Å².